The number of carbonyl (C=O) groups excluding carboxylic acids is 1. The van der Waals surface area contributed by atoms with Gasteiger partial charge in [0.1, 0.15) is 6.10 Å². The van der Waals surface area contributed by atoms with E-state index in [4.69, 9.17) is 18.9 Å². The number of esters is 1. The van der Waals surface area contributed by atoms with Crippen LogP contribution in [0, 0.1) is 0 Å². The lowest BCUT2D eigenvalue weighted by Crippen LogP contribution is -2.53. The highest BCUT2D eigenvalue weighted by atomic mass is 16.6. The molecule has 0 bridgehead atoms. The van der Waals surface area contributed by atoms with Crippen LogP contribution in [0.4, 0.5) is 0 Å². The van der Waals surface area contributed by atoms with Crippen LogP contribution in [0.3, 0.4) is 0 Å². The average Bonchev–Trinajstić information content (AvgIpc) is 2.76. The van der Waals surface area contributed by atoms with Gasteiger partial charge in [-0.1, -0.05) is 60.7 Å². The summed E-state index contributed by atoms with van der Waals surface area (Å²) in [4.78, 5) is 14.8. The number of benzene rings is 2. The smallest absolute Gasteiger partial charge is 0.338 e. The van der Waals surface area contributed by atoms with Crippen LogP contribution in [0.25, 0.3) is 0 Å². The first-order valence-corrected chi connectivity index (χ1v) is 10.2. The zero-order valence-corrected chi connectivity index (χ0v) is 18.3. The zero-order chi connectivity index (χ0) is 21.8. The van der Waals surface area contributed by atoms with E-state index in [1.54, 1.807) is 14.0 Å². The fourth-order valence-corrected chi connectivity index (χ4v) is 3.16. The van der Waals surface area contributed by atoms with Crippen molar-refractivity contribution in [3.05, 3.63) is 71.8 Å². The molecule has 0 N–H and O–H groups in total. The highest BCUT2D eigenvalue weighted by Crippen LogP contribution is 2.19. The molecule has 0 aliphatic heterocycles. The maximum atomic E-state index is 12.9. The Morgan fingerprint density at radius 1 is 0.900 bits per heavy atom. The molecule has 6 heteroatoms. The van der Waals surface area contributed by atoms with Gasteiger partial charge >= 0.3 is 5.97 Å². The van der Waals surface area contributed by atoms with Gasteiger partial charge < -0.3 is 23.8 Å². The van der Waals surface area contributed by atoms with Gasteiger partial charge in [-0.25, -0.2) is 4.79 Å². The van der Waals surface area contributed by atoms with Gasteiger partial charge in [-0.15, -0.1) is 0 Å². The van der Waals surface area contributed by atoms with Crippen LogP contribution in [0.5, 0.6) is 0 Å². The predicted molar refractivity (Wildman–Crippen MR) is 116 cm³/mol. The van der Waals surface area contributed by atoms with Gasteiger partial charge in [0.2, 0.25) is 0 Å². The Morgan fingerprint density at radius 2 is 1.43 bits per heavy atom. The second kappa shape index (κ2) is 13.1. The molecule has 0 aromatic heterocycles. The van der Waals surface area contributed by atoms with Gasteiger partial charge in [-0.3, -0.25) is 0 Å². The summed E-state index contributed by atoms with van der Waals surface area (Å²) >= 11 is 0. The van der Waals surface area contributed by atoms with E-state index in [1.165, 1.54) is 0 Å². The van der Waals surface area contributed by atoms with Crippen LogP contribution < -0.4 is 0 Å². The summed E-state index contributed by atoms with van der Waals surface area (Å²) in [6.45, 7) is 3.07. The lowest BCUT2D eigenvalue weighted by Gasteiger charge is -2.35. The largest absolute Gasteiger partial charge is 0.464 e. The Bertz CT molecular complexity index is 723. The highest BCUT2D eigenvalue weighted by molar-refractivity contribution is 5.75. The van der Waals surface area contributed by atoms with Crippen molar-refractivity contribution in [2.45, 2.75) is 38.4 Å². The number of carbonyl (C=O) groups is 1. The number of hydrogen-bond acceptors (Lipinski definition) is 6. The van der Waals surface area contributed by atoms with E-state index < -0.39 is 18.2 Å². The third-order valence-corrected chi connectivity index (χ3v) is 4.75. The third-order valence-electron chi connectivity index (χ3n) is 4.75. The second-order valence-electron chi connectivity index (χ2n) is 7.22. The minimum atomic E-state index is -0.892. The van der Waals surface area contributed by atoms with E-state index in [2.05, 4.69) is 0 Å². The molecule has 0 aliphatic carbocycles. The van der Waals surface area contributed by atoms with Crippen molar-refractivity contribution in [1.29, 1.82) is 0 Å². The highest BCUT2D eigenvalue weighted by Gasteiger charge is 2.38. The quantitative estimate of drug-likeness (QED) is 0.468. The molecule has 0 spiro atoms. The van der Waals surface area contributed by atoms with Crippen molar-refractivity contribution >= 4 is 5.97 Å². The average molecular weight is 416 g/mol. The molecule has 0 unspecified atom stereocenters. The Labute approximate surface area is 179 Å². The van der Waals surface area contributed by atoms with Gasteiger partial charge in [0.15, 0.2) is 6.10 Å². The first-order valence-electron chi connectivity index (χ1n) is 10.2. The van der Waals surface area contributed by atoms with Crippen molar-refractivity contribution in [2.24, 2.45) is 0 Å². The minimum absolute atomic E-state index is 0.205. The van der Waals surface area contributed by atoms with Crippen LogP contribution in [0.2, 0.25) is 0 Å². The standard InChI is InChI=1S/C24H33NO5/c1-5-28-24(26)23(30-17-20-14-10-7-11-15-20)22(21(18-27-4)25(2)3)29-16-19-12-8-6-9-13-19/h6-15,21-23H,5,16-18H2,1-4H3/t21-,22-,23-/m1/s1. The number of nitrogens with zero attached hydrogens (tertiary/aromatic N) is 1. The Kier molecular flexibility index (Phi) is 10.5. The Morgan fingerprint density at radius 3 is 1.90 bits per heavy atom. The second-order valence-corrected chi connectivity index (χ2v) is 7.22. The number of ether oxygens (including phenoxy) is 4. The summed E-state index contributed by atoms with van der Waals surface area (Å²) in [6, 6.07) is 19.4. The van der Waals surface area contributed by atoms with E-state index >= 15 is 0 Å². The van der Waals surface area contributed by atoms with E-state index in [1.807, 2.05) is 79.7 Å². The SMILES string of the molecule is CCOC(=O)[C@H](OCc1ccccc1)[C@H](OCc1ccccc1)[C@@H](COC)N(C)C. The molecule has 0 saturated heterocycles. The summed E-state index contributed by atoms with van der Waals surface area (Å²) in [5, 5.41) is 0. The van der Waals surface area contributed by atoms with Crippen molar-refractivity contribution in [2.75, 3.05) is 34.4 Å². The molecule has 6 nitrogen and oxygen atoms in total. The van der Waals surface area contributed by atoms with E-state index in [0.717, 1.165) is 11.1 Å². The normalized spacial score (nSPS) is 14.3. The molecule has 0 aliphatic rings. The first-order chi connectivity index (χ1) is 14.6. The number of likely N-dealkylation sites (N-methyl/N-ethyl adjacent to an activating group) is 1. The van der Waals surface area contributed by atoms with Gasteiger partial charge in [-0.05, 0) is 32.1 Å². The topological polar surface area (TPSA) is 57.2 Å². The fraction of sp³-hybridized carbons (Fsp3) is 0.458. The molecule has 164 valence electrons. The summed E-state index contributed by atoms with van der Waals surface area (Å²) in [7, 11) is 5.50. The maximum absolute atomic E-state index is 12.9. The number of hydrogen-bond donors (Lipinski definition) is 0. The monoisotopic (exact) mass is 415 g/mol. The minimum Gasteiger partial charge on any atom is -0.464 e. The van der Waals surface area contributed by atoms with Gasteiger partial charge in [-0.2, -0.15) is 0 Å². The maximum Gasteiger partial charge on any atom is 0.338 e. The first kappa shape index (κ1) is 24.0. The van der Waals surface area contributed by atoms with E-state index in [-0.39, 0.29) is 19.3 Å². The lowest BCUT2D eigenvalue weighted by molar-refractivity contribution is -0.177. The predicted octanol–water partition coefficient (Wildman–Crippen LogP) is 3.30. The zero-order valence-electron chi connectivity index (χ0n) is 18.3. The van der Waals surface area contributed by atoms with Crippen molar-refractivity contribution in [3.8, 4) is 0 Å². The Hall–Kier alpha value is -2.25. The Balaban J connectivity index is 2.26. The summed E-state index contributed by atoms with van der Waals surface area (Å²) in [6.07, 6.45) is -1.47. The molecule has 0 saturated carbocycles. The number of methoxy groups -OCH3 is 1. The van der Waals surface area contributed by atoms with Gasteiger partial charge in [0, 0.05) is 7.11 Å². The van der Waals surface area contributed by atoms with Gasteiger partial charge in [0.05, 0.1) is 32.5 Å². The van der Waals surface area contributed by atoms with Crippen LogP contribution in [-0.2, 0) is 37.0 Å². The summed E-state index contributed by atoms with van der Waals surface area (Å²) in [5.74, 6) is -0.436. The third kappa shape index (κ3) is 7.54. The molecule has 3 atom stereocenters. The lowest BCUT2D eigenvalue weighted by atomic mass is 10.0. The molecular weight excluding hydrogens is 382 g/mol. The molecule has 2 rings (SSSR count). The molecular formula is C24H33NO5. The van der Waals surface area contributed by atoms with Gasteiger partial charge in [0.25, 0.3) is 0 Å². The van der Waals surface area contributed by atoms with Crippen molar-refractivity contribution < 1.29 is 23.7 Å². The molecule has 30 heavy (non-hydrogen) atoms. The molecule has 0 amide bonds. The fourth-order valence-electron chi connectivity index (χ4n) is 3.16. The molecule has 2 aromatic carbocycles. The van der Waals surface area contributed by atoms with E-state index in [9.17, 15) is 4.79 Å². The molecule has 2 aromatic rings. The van der Waals surface area contributed by atoms with Crippen molar-refractivity contribution in [3.63, 3.8) is 0 Å². The van der Waals surface area contributed by atoms with Crippen LogP contribution in [0.1, 0.15) is 18.1 Å². The van der Waals surface area contributed by atoms with Crippen molar-refractivity contribution in [1.82, 2.24) is 4.90 Å². The number of rotatable bonds is 13. The molecule has 0 heterocycles. The van der Waals surface area contributed by atoms with E-state index in [0.29, 0.717) is 13.2 Å². The summed E-state index contributed by atoms with van der Waals surface area (Å²) < 4.78 is 23.1. The summed E-state index contributed by atoms with van der Waals surface area (Å²) in [5.41, 5.74) is 1.99. The van der Waals surface area contributed by atoms with Crippen LogP contribution in [-0.4, -0.2) is 63.5 Å². The van der Waals surface area contributed by atoms with Crippen LogP contribution >= 0.6 is 0 Å². The molecule has 0 radical (unpaired) electrons. The molecule has 0 fully saturated rings. The van der Waals surface area contributed by atoms with Crippen LogP contribution in [0.15, 0.2) is 60.7 Å².